The predicted molar refractivity (Wildman–Crippen MR) is 81.0 cm³/mol. The monoisotopic (exact) mass is 331 g/mol. The molecule has 2 unspecified atom stereocenters. The van der Waals surface area contributed by atoms with Crippen molar-refractivity contribution in [2.45, 2.75) is 45.8 Å². The van der Waals surface area contributed by atoms with Crippen LogP contribution < -0.4 is 5.32 Å². The number of hydrogen-bond donors (Lipinski definition) is 1. The molecule has 0 bridgehead atoms. The highest BCUT2D eigenvalue weighted by Gasteiger charge is 2.17. The van der Waals surface area contributed by atoms with Crippen molar-refractivity contribution in [1.82, 2.24) is 5.32 Å². The lowest BCUT2D eigenvalue weighted by Crippen LogP contribution is -2.42. The number of ether oxygens (including phenoxy) is 1. The van der Waals surface area contributed by atoms with Crippen molar-refractivity contribution >= 4 is 15.9 Å². The lowest BCUT2D eigenvalue weighted by atomic mass is 10.0. The van der Waals surface area contributed by atoms with E-state index in [9.17, 15) is 4.39 Å². The predicted octanol–water partition coefficient (Wildman–Crippen LogP) is 3.92. The Bertz CT molecular complexity index is 386. The fourth-order valence-electron chi connectivity index (χ4n) is 2.03. The van der Waals surface area contributed by atoms with Crippen LogP contribution in [0.25, 0.3) is 0 Å². The van der Waals surface area contributed by atoms with Crippen LogP contribution in [0.1, 0.15) is 32.8 Å². The summed E-state index contributed by atoms with van der Waals surface area (Å²) in [5.74, 6) is -0.223. The molecule has 0 heterocycles. The van der Waals surface area contributed by atoms with E-state index in [1.165, 1.54) is 6.07 Å². The fraction of sp³-hybridized carbons (Fsp3) is 0.600. The van der Waals surface area contributed by atoms with E-state index in [1.807, 2.05) is 19.1 Å². The Morgan fingerprint density at radius 2 is 2.11 bits per heavy atom. The smallest absolute Gasteiger partial charge is 0.137 e. The molecule has 2 nitrogen and oxygen atoms in total. The van der Waals surface area contributed by atoms with E-state index in [2.05, 4.69) is 35.1 Å². The Labute approximate surface area is 123 Å². The van der Waals surface area contributed by atoms with Crippen molar-refractivity contribution in [2.24, 2.45) is 0 Å². The van der Waals surface area contributed by atoms with Crippen LogP contribution in [0.4, 0.5) is 4.39 Å². The second kappa shape index (κ2) is 8.67. The zero-order valence-electron chi connectivity index (χ0n) is 11.9. The second-order valence-electron chi connectivity index (χ2n) is 4.67. The van der Waals surface area contributed by atoms with Gasteiger partial charge in [0.1, 0.15) is 5.82 Å². The lowest BCUT2D eigenvalue weighted by Gasteiger charge is -2.25. The Morgan fingerprint density at radius 3 is 2.68 bits per heavy atom. The van der Waals surface area contributed by atoms with Crippen molar-refractivity contribution in [2.75, 3.05) is 13.2 Å². The van der Waals surface area contributed by atoms with Gasteiger partial charge in [-0.3, -0.25) is 0 Å². The standard InChI is InChI=1S/C15H23BrFNO/c1-4-8-18-15(11(3)19-5-2)10-12-6-7-14(17)13(16)9-12/h6-7,9,11,15,18H,4-5,8,10H2,1-3H3. The van der Waals surface area contributed by atoms with Crippen LogP contribution in [0.15, 0.2) is 22.7 Å². The molecule has 1 rings (SSSR count). The van der Waals surface area contributed by atoms with Crippen molar-refractivity contribution < 1.29 is 9.13 Å². The van der Waals surface area contributed by atoms with Gasteiger partial charge in [0.15, 0.2) is 0 Å². The first-order valence-electron chi connectivity index (χ1n) is 6.87. The molecule has 1 aromatic carbocycles. The van der Waals surface area contributed by atoms with Crippen LogP contribution in [-0.2, 0) is 11.2 Å². The average molecular weight is 332 g/mol. The molecule has 0 saturated carbocycles. The van der Waals surface area contributed by atoms with Gasteiger partial charge in [0.2, 0.25) is 0 Å². The molecular weight excluding hydrogens is 309 g/mol. The summed E-state index contributed by atoms with van der Waals surface area (Å²) >= 11 is 3.23. The van der Waals surface area contributed by atoms with Crippen molar-refractivity contribution in [3.63, 3.8) is 0 Å². The molecule has 0 amide bonds. The highest BCUT2D eigenvalue weighted by atomic mass is 79.9. The number of benzene rings is 1. The minimum Gasteiger partial charge on any atom is -0.377 e. The minimum absolute atomic E-state index is 0.139. The molecular formula is C15H23BrFNO. The van der Waals surface area contributed by atoms with E-state index in [-0.39, 0.29) is 18.0 Å². The number of hydrogen-bond acceptors (Lipinski definition) is 2. The first-order valence-corrected chi connectivity index (χ1v) is 7.66. The van der Waals surface area contributed by atoms with Gasteiger partial charge in [0, 0.05) is 12.6 Å². The molecule has 0 radical (unpaired) electrons. The average Bonchev–Trinajstić information content (AvgIpc) is 2.39. The Hall–Kier alpha value is -0.450. The number of nitrogens with one attached hydrogen (secondary N) is 1. The fourth-order valence-corrected chi connectivity index (χ4v) is 2.46. The third-order valence-corrected chi connectivity index (χ3v) is 3.70. The van der Waals surface area contributed by atoms with E-state index < -0.39 is 0 Å². The van der Waals surface area contributed by atoms with Crippen LogP contribution >= 0.6 is 15.9 Å². The molecule has 1 aromatic rings. The van der Waals surface area contributed by atoms with Crippen LogP contribution in [0.3, 0.4) is 0 Å². The maximum absolute atomic E-state index is 13.2. The summed E-state index contributed by atoms with van der Waals surface area (Å²) in [6.45, 7) is 7.89. The quantitative estimate of drug-likeness (QED) is 0.779. The lowest BCUT2D eigenvalue weighted by molar-refractivity contribution is 0.0476. The SMILES string of the molecule is CCCNC(Cc1ccc(F)c(Br)c1)C(C)OCC. The summed E-state index contributed by atoms with van der Waals surface area (Å²) in [5.41, 5.74) is 1.11. The molecule has 0 aliphatic carbocycles. The molecule has 1 N–H and O–H groups in total. The van der Waals surface area contributed by atoms with Gasteiger partial charge in [-0.05, 0) is 66.9 Å². The molecule has 0 spiro atoms. The first kappa shape index (κ1) is 16.6. The van der Waals surface area contributed by atoms with E-state index in [0.717, 1.165) is 24.9 Å². The van der Waals surface area contributed by atoms with Crippen LogP contribution in [0.5, 0.6) is 0 Å². The third kappa shape index (κ3) is 5.59. The molecule has 2 atom stereocenters. The van der Waals surface area contributed by atoms with Gasteiger partial charge < -0.3 is 10.1 Å². The van der Waals surface area contributed by atoms with Gasteiger partial charge in [0.05, 0.1) is 10.6 Å². The first-order chi connectivity index (χ1) is 9.08. The van der Waals surface area contributed by atoms with Gasteiger partial charge in [0.25, 0.3) is 0 Å². The molecule has 0 saturated heterocycles. The molecule has 4 heteroatoms. The summed E-state index contributed by atoms with van der Waals surface area (Å²) in [4.78, 5) is 0. The van der Waals surface area contributed by atoms with E-state index in [1.54, 1.807) is 0 Å². The molecule has 0 aliphatic rings. The largest absolute Gasteiger partial charge is 0.377 e. The summed E-state index contributed by atoms with van der Waals surface area (Å²) in [5, 5.41) is 3.50. The zero-order chi connectivity index (χ0) is 14.3. The van der Waals surface area contributed by atoms with E-state index in [4.69, 9.17) is 4.74 Å². The van der Waals surface area contributed by atoms with Crippen LogP contribution in [-0.4, -0.2) is 25.3 Å². The van der Waals surface area contributed by atoms with Gasteiger partial charge >= 0.3 is 0 Å². The molecule has 0 aromatic heterocycles. The van der Waals surface area contributed by atoms with Gasteiger partial charge in [-0.2, -0.15) is 0 Å². The van der Waals surface area contributed by atoms with Crippen molar-refractivity contribution in [1.29, 1.82) is 0 Å². The molecule has 108 valence electrons. The molecule has 0 fully saturated rings. The van der Waals surface area contributed by atoms with Crippen molar-refractivity contribution in [3.8, 4) is 0 Å². The zero-order valence-corrected chi connectivity index (χ0v) is 13.5. The van der Waals surface area contributed by atoms with Gasteiger partial charge in [-0.15, -0.1) is 0 Å². The Balaban J connectivity index is 2.71. The summed E-state index contributed by atoms with van der Waals surface area (Å²) in [7, 11) is 0. The normalized spacial score (nSPS) is 14.4. The third-order valence-electron chi connectivity index (χ3n) is 3.09. The summed E-state index contributed by atoms with van der Waals surface area (Å²) in [6, 6.07) is 5.42. The van der Waals surface area contributed by atoms with Gasteiger partial charge in [-0.1, -0.05) is 13.0 Å². The second-order valence-corrected chi connectivity index (χ2v) is 5.53. The van der Waals surface area contributed by atoms with Crippen LogP contribution in [0.2, 0.25) is 0 Å². The van der Waals surface area contributed by atoms with E-state index in [0.29, 0.717) is 11.1 Å². The number of halogens is 2. The topological polar surface area (TPSA) is 21.3 Å². The number of rotatable bonds is 8. The molecule has 19 heavy (non-hydrogen) atoms. The Morgan fingerprint density at radius 1 is 1.37 bits per heavy atom. The summed E-state index contributed by atoms with van der Waals surface area (Å²) in [6.07, 6.45) is 2.06. The van der Waals surface area contributed by atoms with Crippen molar-refractivity contribution in [3.05, 3.63) is 34.1 Å². The highest BCUT2D eigenvalue weighted by Crippen LogP contribution is 2.18. The summed E-state index contributed by atoms with van der Waals surface area (Å²) < 4.78 is 19.4. The van der Waals surface area contributed by atoms with Crippen LogP contribution in [0, 0.1) is 5.82 Å². The van der Waals surface area contributed by atoms with Gasteiger partial charge in [-0.25, -0.2) is 4.39 Å². The highest BCUT2D eigenvalue weighted by molar-refractivity contribution is 9.10. The maximum atomic E-state index is 13.2. The Kier molecular flexibility index (Phi) is 7.57. The minimum atomic E-state index is -0.223. The van der Waals surface area contributed by atoms with E-state index >= 15 is 0 Å². The maximum Gasteiger partial charge on any atom is 0.137 e. The molecule has 0 aliphatic heterocycles.